The maximum atomic E-state index is 13.2. The van der Waals surface area contributed by atoms with E-state index in [1.54, 1.807) is 29.1 Å². The van der Waals surface area contributed by atoms with E-state index in [-0.39, 0.29) is 17.2 Å². The van der Waals surface area contributed by atoms with Gasteiger partial charge in [0, 0.05) is 42.8 Å². The Kier molecular flexibility index (Phi) is 6.55. The molecule has 9 nitrogen and oxygen atoms in total. The predicted molar refractivity (Wildman–Crippen MR) is 123 cm³/mol. The summed E-state index contributed by atoms with van der Waals surface area (Å²) in [5.41, 5.74) is 2.38. The number of nitrogens with zero attached hydrogens (tertiary/aromatic N) is 3. The number of urea groups is 1. The van der Waals surface area contributed by atoms with Crippen molar-refractivity contribution in [2.45, 2.75) is 12.7 Å². The number of nitrogens with one attached hydrogen (secondary N) is 2. The van der Waals surface area contributed by atoms with Crippen molar-refractivity contribution in [3.8, 4) is 28.5 Å². The first-order valence-electron chi connectivity index (χ1n) is 10.6. The second-order valence-electron chi connectivity index (χ2n) is 7.96. The van der Waals surface area contributed by atoms with E-state index < -0.39 is 12.3 Å². The normalized spacial score (nSPS) is 13.7. The van der Waals surface area contributed by atoms with Crippen LogP contribution in [0, 0.1) is 0 Å². The summed E-state index contributed by atoms with van der Waals surface area (Å²) in [5, 5.41) is 9.56. The summed E-state index contributed by atoms with van der Waals surface area (Å²) in [4.78, 5) is 14.6. The number of fused-ring (bicyclic) bond motifs is 1. The van der Waals surface area contributed by atoms with E-state index >= 15 is 0 Å². The Morgan fingerprint density at radius 3 is 2.50 bits per heavy atom. The number of hydrogen-bond donors (Lipinski definition) is 2. The third kappa shape index (κ3) is 5.54. The number of alkyl halides is 2. The van der Waals surface area contributed by atoms with Gasteiger partial charge >= 0.3 is 12.3 Å². The Morgan fingerprint density at radius 1 is 1.09 bits per heavy atom. The van der Waals surface area contributed by atoms with Crippen molar-refractivity contribution < 1.29 is 27.8 Å². The molecule has 0 atom stereocenters. The van der Waals surface area contributed by atoms with E-state index in [9.17, 15) is 13.6 Å². The number of halogens is 2. The number of aryl methyl sites for hydroxylation is 1. The quantitative estimate of drug-likeness (QED) is 0.472. The fraction of sp³-hybridized carbons (Fsp3) is 0.304. The van der Waals surface area contributed by atoms with E-state index in [2.05, 4.69) is 30.1 Å². The van der Waals surface area contributed by atoms with Crippen LogP contribution in [0.25, 0.3) is 11.3 Å². The molecule has 1 aromatic heterocycles. The van der Waals surface area contributed by atoms with Crippen LogP contribution in [-0.4, -0.2) is 54.3 Å². The van der Waals surface area contributed by atoms with Gasteiger partial charge in [-0.2, -0.15) is 5.10 Å². The Hall–Kier alpha value is -3.86. The SMILES string of the molecule is CN(C)CCCOc1ccc(NC(=O)Nc2ccc3c(c2)OC(F)(F)O3)cc1-c1ccnn1C. The molecule has 0 radical (unpaired) electrons. The van der Waals surface area contributed by atoms with Crippen LogP contribution < -0.4 is 24.8 Å². The molecule has 1 aliphatic rings. The Labute approximate surface area is 195 Å². The number of carbonyl (C=O) groups excluding carboxylic acids is 1. The lowest BCUT2D eigenvalue weighted by atomic mass is 10.1. The van der Waals surface area contributed by atoms with Gasteiger partial charge in [-0.25, -0.2) is 4.79 Å². The smallest absolute Gasteiger partial charge is 0.493 e. The number of rotatable bonds is 8. The van der Waals surface area contributed by atoms with E-state index in [1.165, 1.54) is 18.2 Å². The van der Waals surface area contributed by atoms with E-state index in [4.69, 9.17) is 4.74 Å². The van der Waals surface area contributed by atoms with Crippen LogP contribution in [0.3, 0.4) is 0 Å². The summed E-state index contributed by atoms with van der Waals surface area (Å²) in [5.74, 6) is 0.417. The molecule has 2 aromatic carbocycles. The highest BCUT2D eigenvalue weighted by Crippen LogP contribution is 2.42. The van der Waals surface area contributed by atoms with Gasteiger partial charge in [-0.15, -0.1) is 8.78 Å². The van der Waals surface area contributed by atoms with Crippen LogP contribution in [0.5, 0.6) is 17.2 Å². The second-order valence-corrected chi connectivity index (χ2v) is 7.96. The van der Waals surface area contributed by atoms with Crippen LogP contribution >= 0.6 is 0 Å². The zero-order valence-corrected chi connectivity index (χ0v) is 19.0. The number of benzene rings is 2. The van der Waals surface area contributed by atoms with Crippen molar-refractivity contribution in [2.75, 3.05) is 37.9 Å². The van der Waals surface area contributed by atoms with Crippen molar-refractivity contribution >= 4 is 17.4 Å². The highest BCUT2D eigenvalue weighted by molar-refractivity contribution is 6.00. The highest BCUT2D eigenvalue weighted by Gasteiger charge is 2.43. The average molecular weight is 473 g/mol. The molecule has 2 heterocycles. The number of anilines is 2. The number of hydrogen-bond acceptors (Lipinski definition) is 6. The van der Waals surface area contributed by atoms with Crippen molar-refractivity contribution in [3.63, 3.8) is 0 Å². The van der Waals surface area contributed by atoms with Crippen LogP contribution in [0.15, 0.2) is 48.7 Å². The third-order valence-electron chi connectivity index (χ3n) is 5.00. The summed E-state index contributed by atoms with van der Waals surface area (Å²) in [6.07, 6.45) is -1.18. The molecule has 0 aliphatic carbocycles. The molecule has 11 heteroatoms. The van der Waals surface area contributed by atoms with E-state index in [0.717, 1.165) is 24.2 Å². The maximum Gasteiger partial charge on any atom is 0.586 e. The minimum atomic E-state index is -3.72. The molecule has 0 spiro atoms. The molecule has 0 saturated carbocycles. The fourth-order valence-electron chi connectivity index (χ4n) is 3.45. The summed E-state index contributed by atoms with van der Waals surface area (Å²) in [6, 6.07) is 10.6. The maximum absolute atomic E-state index is 13.2. The molecule has 0 saturated heterocycles. The monoisotopic (exact) mass is 473 g/mol. The summed E-state index contributed by atoms with van der Waals surface area (Å²) >= 11 is 0. The van der Waals surface area contributed by atoms with Crippen molar-refractivity contribution in [2.24, 2.45) is 7.05 Å². The van der Waals surface area contributed by atoms with Crippen LogP contribution in [0.1, 0.15) is 6.42 Å². The topological polar surface area (TPSA) is 89.9 Å². The van der Waals surface area contributed by atoms with Gasteiger partial charge in [-0.3, -0.25) is 4.68 Å². The molecule has 3 aromatic rings. The lowest BCUT2D eigenvalue weighted by molar-refractivity contribution is -0.286. The molecule has 2 N–H and O–H groups in total. The standard InChI is InChI=1S/C23H25F2N5O4/c1-29(2)11-4-12-32-19-7-5-15(13-17(19)18-9-10-26-30(18)3)27-22(31)28-16-6-8-20-21(14-16)34-23(24,25)33-20/h5-10,13-14H,4,11-12H2,1-3H3,(H2,27,28,31). The van der Waals surface area contributed by atoms with Crippen LogP contribution in [0.4, 0.5) is 25.0 Å². The zero-order chi connectivity index (χ0) is 24.3. The third-order valence-corrected chi connectivity index (χ3v) is 5.00. The van der Waals surface area contributed by atoms with E-state index in [1.807, 2.05) is 27.2 Å². The van der Waals surface area contributed by atoms with Crippen LogP contribution in [-0.2, 0) is 7.05 Å². The van der Waals surface area contributed by atoms with Crippen LogP contribution in [0.2, 0.25) is 0 Å². The Bertz CT molecular complexity index is 1180. The van der Waals surface area contributed by atoms with Gasteiger partial charge in [0.1, 0.15) is 5.75 Å². The van der Waals surface area contributed by atoms with Gasteiger partial charge in [0.05, 0.1) is 12.3 Å². The Morgan fingerprint density at radius 2 is 1.79 bits per heavy atom. The lowest BCUT2D eigenvalue weighted by Gasteiger charge is -2.15. The molecule has 0 unspecified atom stereocenters. The number of amides is 2. The number of ether oxygens (including phenoxy) is 3. The minimum Gasteiger partial charge on any atom is -0.493 e. The van der Waals surface area contributed by atoms with Crippen molar-refractivity contribution in [3.05, 3.63) is 48.7 Å². The van der Waals surface area contributed by atoms with Gasteiger partial charge in [0.15, 0.2) is 11.5 Å². The molecule has 0 fully saturated rings. The summed E-state index contributed by atoms with van der Waals surface area (Å²) in [7, 11) is 5.83. The highest BCUT2D eigenvalue weighted by atomic mass is 19.3. The van der Waals surface area contributed by atoms with Crippen molar-refractivity contribution in [1.29, 1.82) is 0 Å². The molecule has 2 amide bonds. The molecule has 1 aliphatic heterocycles. The number of aromatic nitrogens is 2. The molecule has 34 heavy (non-hydrogen) atoms. The van der Waals surface area contributed by atoms with Crippen molar-refractivity contribution in [1.82, 2.24) is 14.7 Å². The van der Waals surface area contributed by atoms with Gasteiger partial charge in [-0.1, -0.05) is 0 Å². The minimum absolute atomic E-state index is 0.0991. The first-order chi connectivity index (χ1) is 16.2. The first-order valence-corrected chi connectivity index (χ1v) is 10.6. The summed E-state index contributed by atoms with van der Waals surface area (Å²) in [6.45, 7) is 1.44. The van der Waals surface area contributed by atoms with Gasteiger partial charge in [0.25, 0.3) is 0 Å². The molecule has 180 valence electrons. The molecular formula is C23H25F2N5O4. The Balaban J connectivity index is 1.46. The molecule has 0 bridgehead atoms. The summed E-state index contributed by atoms with van der Waals surface area (Å²) < 4.78 is 42.9. The largest absolute Gasteiger partial charge is 0.586 e. The van der Waals surface area contributed by atoms with E-state index in [0.29, 0.717) is 18.0 Å². The fourth-order valence-corrected chi connectivity index (χ4v) is 3.45. The first kappa shape index (κ1) is 23.3. The zero-order valence-electron chi connectivity index (χ0n) is 19.0. The number of carbonyl (C=O) groups is 1. The van der Waals surface area contributed by atoms with Gasteiger partial charge in [0.2, 0.25) is 0 Å². The average Bonchev–Trinajstić information content (AvgIpc) is 3.32. The predicted octanol–water partition coefficient (Wildman–Crippen LogP) is 4.38. The second kappa shape index (κ2) is 9.56. The van der Waals surface area contributed by atoms with Gasteiger partial charge < -0.3 is 29.7 Å². The molecule has 4 rings (SSSR count). The molecular weight excluding hydrogens is 448 g/mol. The van der Waals surface area contributed by atoms with Gasteiger partial charge in [-0.05, 0) is 56.9 Å². The lowest BCUT2D eigenvalue weighted by Crippen LogP contribution is -2.25.